The van der Waals surface area contributed by atoms with E-state index in [2.05, 4.69) is 13.2 Å². The molecule has 0 aromatic heterocycles. The predicted octanol–water partition coefficient (Wildman–Crippen LogP) is 2.34. The van der Waals surface area contributed by atoms with Crippen LogP contribution in [0.15, 0.2) is 24.8 Å². The molecule has 0 aliphatic rings. The quantitative estimate of drug-likeness (QED) is 0.423. The maximum atomic E-state index is 11.2. The molecule has 0 saturated heterocycles. The van der Waals surface area contributed by atoms with Gasteiger partial charge in [-0.05, 0) is 0 Å². The number of Topliss-reactive ketones (excluding diaryl/α,β-unsaturated/α-hetero) is 1. The highest BCUT2D eigenvalue weighted by molar-refractivity contribution is 6.00. The lowest BCUT2D eigenvalue weighted by atomic mass is 9.87. The van der Waals surface area contributed by atoms with Crippen LogP contribution in [-0.2, 0) is 4.79 Å². The van der Waals surface area contributed by atoms with E-state index in [1.165, 1.54) is 6.08 Å². The first-order valence-corrected chi connectivity index (χ1v) is 3.25. The SMILES string of the molecule is C=CC(=C)C(=O)C(C)(C)C. The molecule has 1 heteroatoms. The van der Waals surface area contributed by atoms with Crippen LogP contribution in [-0.4, -0.2) is 5.78 Å². The normalized spacial score (nSPS) is 10.7. The summed E-state index contributed by atoms with van der Waals surface area (Å²) in [6.45, 7) is 12.6. The van der Waals surface area contributed by atoms with Gasteiger partial charge in [-0.2, -0.15) is 0 Å². The van der Waals surface area contributed by atoms with Crippen molar-refractivity contribution in [2.45, 2.75) is 20.8 Å². The van der Waals surface area contributed by atoms with Gasteiger partial charge in [0.05, 0.1) is 0 Å². The topological polar surface area (TPSA) is 17.1 Å². The van der Waals surface area contributed by atoms with Crippen molar-refractivity contribution in [3.8, 4) is 0 Å². The van der Waals surface area contributed by atoms with E-state index in [1.807, 2.05) is 20.8 Å². The van der Waals surface area contributed by atoms with Crippen LogP contribution in [0.5, 0.6) is 0 Å². The van der Waals surface area contributed by atoms with Crippen LogP contribution in [0.4, 0.5) is 0 Å². The molecular weight excluding hydrogens is 124 g/mol. The smallest absolute Gasteiger partial charge is 0.167 e. The molecule has 0 N–H and O–H groups in total. The second-order valence-electron chi connectivity index (χ2n) is 3.31. The third-order valence-electron chi connectivity index (χ3n) is 1.22. The van der Waals surface area contributed by atoms with E-state index < -0.39 is 0 Å². The summed E-state index contributed by atoms with van der Waals surface area (Å²) in [7, 11) is 0. The van der Waals surface area contributed by atoms with Crippen molar-refractivity contribution >= 4 is 5.78 Å². The Balaban J connectivity index is 4.38. The Labute approximate surface area is 62.4 Å². The highest BCUT2D eigenvalue weighted by Gasteiger charge is 2.21. The first kappa shape index (κ1) is 9.15. The highest BCUT2D eigenvalue weighted by atomic mass is 16.1. The van der Waals surface area contributed by atoms with Gasteiger partial charge >= 0.3 is 0 Å². The van der Waals surface area contributed by atoms with E-state index in [4.69, 9.17) is 0 Å². The van der Waals surface area contributed by atoms with Gasteiger partial charge in [-0.3, -0.25) is 4.79 Å². The fraction of sp³-hybridized carbons (Fsp3) is 0.444. The van der Waals surface area contributed by atoms with Crippen LogP contribution >= 0.6 is 0 Å². The summed E-state index contributed by atoms with van der Waals surface area (Å²) < 4.78 is 0. The number of rotatable bonds is 2. The predicted molar refractivity (Wildman–Crippen MR) is 43.8 cm³/mol. The largest absolute Gasteiger partial charge is 0.294 e. The summed E-state index contributed by atoms with van der Waals surface area (Å²) in [6.07, 6.45) is 1.49. The van der Waals surface area contributed by atoms with Crippen molar-refractivity contribution in [2.75, 3.05) is 0 Å². The monoisotopic (exact) mass is 138 g/mol. The molecule has 0 amide bonds. The van der Waals surface area contributed by atoms with Crippen LogP contribution in [0.2, 0.25) is 0 Å². The van der Waals surface area contributed by atoms with E-state index in [1.54, 1.807) is 0 Å². The summed E-state index contributed by atoms with van der Waals surface area (Å²) >= 11 is 0. The van der Waals surface area contributed by atoms with Crippen molar-refractivity contribution in [3.63, 3.8) is 0 Å². The number of allylic oxidation sites excluding steroid dienone is 2. The molecule has 0 atom stereocenters. The third-order valence-corrected chi connectivity index (χ3v) is 1.22. The molecule has 0 heterocycles. The molecule has 56 valence electrons. The Hall–Kier alpha value is -0.850. The van der Waals surface area contributed by atoms with E-state index in [-0.39, 0.29) is 11.2 Å². The van der Waals surface area contributed by atoms with E-state index >= 15 is 0 Å². The third kappa shape index (κ3) is 2.18. The molecule has 1 nitrogen and oxygen atoms in total. The standard InChI is InChI=1S/C9H14O/c1-6-7(2)8(10)9(3,4)5/h6H,1-2H2,3-5H3. The average molecular weight is 138 g/mol. The Bertz CT molecular complexity index is 170. The molecule has 0 aliphatic heterocycles. The van der Waals surface area contributed by atoms with Gasteiger partial charge in [0.15, 0.2) is 5.78 Å². The molecule has 0 aliphatic carbocycles. The number of ketones is 1. The summed E-state index contributed by atoms with van der Waals surface area (Å²) in [5, 5.41) is 0. The van der Waals surface area contributed by atoms with Crippen molar-refractivity contribution in [3.05, 3.63) is 24.8 Å². The van der Waals surface area contributed by atoms with E-state index in [0.717, 1.165) is 0 Å². The Morgan fingerprint density at radius 3 is 1.90 bits per heavy atom. The maximum absolute atomic E-state index is 11.2. The van der Waals surface area contributed by atoms with Gasteiger partial charge in [-0.25, -0.2) is 0 Å². The molecule has 0 fully saturated rings. The summed E-state index contributed by atoms with van der Waals surface area (Å²) in [5.41, 5.74) is 0.165. The lowest BCUT2D eigenvalue weighted by Crippen LogP contribution is -2.20. The van der Waals surface area contributed by atoms with Gasteiger partial charge in [-0.1, -0.05) is 40.0 Å². The zero-order valence-electron chi connectivity index (χ0n) is 6.90. The Morgan fingerprint density at radius 1 is 1.40 bits per heavy atom. The minimum absolute atomic E-state index is 0.0579. The van der Waals surface area contributed by atoms with Gasteiger partial charge in [0, 0.05) is 11.0 Å². The number of hydrogen-bond donors (Lipinski definition) is 0. The van der Waals surface area contributed by atoms with Gasteiger partial charge < -0.3 is 0 Å². The van der Waals surface area contributed by atoms with E-state index in [0.29, 0.717) is 5.57 Å². The van der Waals surface area contributed by atoms with Crippen LogP contribution < -0.4 is 0 Å². The fourth-order valence-electron chi connectivity index (χ4n) is 0.574. The van der Waals surface area contributed by atoms with Crippen LogP contribution in [0.25, 0.3) is 0 Å². The van der Waals surface area contributed by atoms with Crippen molar-refractivity contribution in [1.82, 2.24) is 0 Å². The molecule has 0 spiro atoms. The summed E-state index contributed by atoms with van der Waals surface area (Å²) in [6, 6.07) is 0. The molecule has 0 bridgehead atoms. The minimum atomic E-state index is -0.328. The first-order valence-electron chi connectivity index (χ1n) is 3.25. The van der Waals surface area contributed by atoms with Crippen LogP contribution in [0, 0.1) is 5.41 Å². The molecule has 0 radical (unpaired) electrons. The van der Waals surface area contributed by atoms with Gasteiger partial charge in [-0.15, -0.1) is 0 Å². The second kappa shape index (κ2) is 2.82. The first-order chi connectivity index (χ1) is 4.39. The molecule has 10 heavy (non-hydrogen) atoms. The second-order valence-corrected chi connectivity index (χ2v) is 3.31. The average Bonchev–Trinajstić information content (AvgIpc) is 1.83. The molecule has 0 rings (SSSR count). The van der Waals surface area contributed by atoms with Gasteiger partial charge in [0.2, 0.25) is 0 Å². The Kier molecular flexibility index (Phi) is 2.58. The summed E-state index contributed by atoms with van der Waals surface area (Å²) in [5.74, 6) is 0.0579. The lowest BCUT2D eigenvalue weighted by Gasteiger charge is -2.15. The maximum Gasteiger partial charge on any atom is 0.167 e. The molecule has 0 saturated carbocycles. The van der Waals surface area contributed by atoms with Crippen molar-refractivity contribution in [2.24, 2.45) is 5.41 Å². The molecular formula is C9H14O. The van der Waals surface area contributed by atoms with Crippen LogP contribution in [0.3, 0.4) is 0 Å². The minimum Gasteiger partial charge on any atom is -0.294 e. The zero-order valence-corrected chi connectivity index (χ0v) is 6.90. The van der Waals surface area contributed by atoms with Crippen molar-refractivity contribution < 1.29 is 4.79 Å². The lowest BCUT2D eigenvalue weighted by molar-refractivity contribution is -0.122. The molecule has 0 aromatic carbocycles. The fourth-order valence-corrected chi connectivity index (χ4v) is 0.574. The summed E-state index contributed by atoms with van der Waals surface area (Å²) in [4.78, 5) is 11.2. The zero-order chi connectivity index (χ0) is 8.36. The molecule has 0 unspecified atom stereocenters. The Morgan fingerprint density at radius 2 is 1.80 bits per heavy atom. The van der Waals surface area contributed by atoms with Gasteiger partial charge in [0.1, 0.15) is 0 Å². The number of carbonyl (C=O) groups is 1. The van der Waals surface area contributed by atoms with E-state index in [9.17, 15) is 4.79 Å². The molecule has 0 aromatic rings. The number of carbonyl (C=O) groups excluding carboxylic acids is 1. The van der Waals surface area contributed by atoms with Crippen LogP contribution in [0.1, 0.15) is 20.8 Å². The van der Waals surface area contributed by atoms with Crippen molar-refractivity contribution in [1.29, 1.82) is 0 Å². The van der Waals surface area contributed by atoms with Gasteiger partial charge in [0.25, 0.3) is 0 Å². The number of hydrogen-bond acceptors (Lipinski definition) is 1. The highest BCUT2D eigenvalue weighted by Crippen LogP contribution is 2.18.